The molecule has 0 saturated heterocycles. The number of halogens is 1. The second-order valence-corrected chi connectivity index (χ2v) is 6.03. The number of hydrogen-bond donors (Lipinski definition) is 1. The first-order chi connectivity index (χ1) is 10.1. The number of unbranched alkanes of at least 4 members (excludes halogenated alkanes) is 1. The molecule has 2 aromatic rings. The highest BCUT2D eigenvalue weighted by molar-refractivity contribution is 7.10. The van der Waals surface area contributed by atoms with E-state index >= 15 is 0 Å². The summed E-state index contributed by atoms with van der Waals surface area (Å²) in [5.74, 6) is 0. The van der Waals surface area contributed by atoms with E-state index in [0.29, 0.717) is 5.02 Å². The van der Waals surface area contributed by atoms with Crippen LogP contribution in [0.2, 0.25) is 5.02 Å². The zero-order chi connectivity index (χ0) is 15.2. The van der Waals surface area contributed by atoms with E-state index in [9.17, 15) is 4.79 Å². The summed E-state index contributed by atoms with van der Waals surface area (Å²) in [7, 11) is 1.80. The topological polar surface area (TPSA) is 45.2 Å². The van der Waals surface area contributed by atoms with Gasteiger partial charge in [-0.15, -0.1) is 0 Å². The zero-order valence-corrected chi connectivity index (χ0v) is 13.7. The summed E-state index contributed by atoms with van der Waals surface area (Å²) < 4.78 is 4.36. The second-order valence-electron chi connectivity index (χ2n) is 4.79. The van der Waals surface area contributed by atoms with Crippen LogP contribution >= 0.6 is 23.1 Å². The maximum atomic E-state index is 12.0. The van der Waals surface area contributed by atoms with Gasteiger partial charge in [-0.1, -0.05) is 37.1 Å². The molecule has 0 atom stereocenters. The Balaban J connectivity index is 2.00. The first kappa shape index (κ1) is 15.8. The molecule has 0 spiro atoms. The molecule has 2 rings (SSSR count). The van der Waals surface area contributed by atoms with Crippen LogP contribution in [0.25, 0.3) is 11.3 Å². The Morgan fingerprint density at radius 2 is 2.10 bits per heavy atom. The van der Waals surface area contributed by atoms with Crippen LogP contribution in [-0.2, 0) is 0 Å². The minimum Gasteiger partial charge on any atom is -0.328 e. The van der Waals surface area contributed by atoms with E-state index in [1.807, 2.05) is 30.3 Å². The molecule has 0 saturated carbocycles. The van der Waals surface area contributed by atoms with Crippen molar-refractivity contribution in [3.8, 4) is 11.3 Å². The highest BCUT2D eigenvalue weighted by Crippen LogP contribution is 2.26. The van der Waals surface area contributed by atoms with Crippen LogP contribution in [-0.4, -0.2) is 28.9 Å². The molecule has 0 fully saturated rings. The third-order valence-electron chi connectivity index (χ3n) is 3.07. The predicted molar refractivity (Wildman–Crippen MR) is 89.1 cm³/mol. The van der Waals surface area contributed by atoms with Crippen molar-refractivity contribution in [3.05, 3.63) is 35.4 Å². The van der Waals surface area contributed by atoms with Crippen LogP contribution in [0.5, 0.6) is 0 Å². The summed E-state index contributed by atoms with van der Waals surface area (Å²) in [5.41, 5.74) is 1.82. The summed E-state index contributed by atoms with van der Waals surface area (Å²) in [5, 5.41) is 4.31. The van der Waals surface area contributed by atoms with E-state index < -0.39 is 0 Å². The van der Waals surface area contributed by atoms with E-state index in [2.05, 4.69) is 16.6 Å². The van der Waals surface area contributed by atoms with Gasteiger partial charge in [-0.3, -0.25) is 5.32 Å². The van der Waals surface area contributed by atoms with Gasteiger partial charge in [0.15, 0.2) is 0 Å². The number of hydrogen-bond acceptors (Lipinski definition) is 3. The Hall–Kier alpha value is -1.59. The first-order valence-corrected chi connectivity index (χ1v) is 8.00. The van der Waals surface area contributed by atoms with Gasteiger partial charge in [-0.25, -0.2) is 4.79 Å². The fourth-order valence-corrected chi connectivity index (χ4v) is 2.57. The van der Waals surface area contributed by atoms with Crippen molar-refractivity contribution in [3.63, 3.8) is 0 Å². The maximum Gasteiger partial charge on any atom is 0.322 e. The second kappa shape index (κ2) is 7.43. The smallest absolute Gasteiger partial charge is 0.322 e. The van der Waals surface area contributed by atoms with Gasteiger partial charge in [0.05, 0.1) is 5.69 Å². The molecular formula is C15H18ClN3OS. The lowest BCUT2D eigenvalue weighted by atomic mass is 10.1. The number of carbonyl (C=O) groups excluding carboxylic acids is 1. The summed E-state index contributed by atoms with van der Waals surface area (Å²) in [6, 6.07) is 9.25. The number of urea groups is 1. The molecule has 0 aliphatic heterocycles. The number of anilines is 1. The molecule has 4 nitrogen and oxygen atoms in total. The van der Waals surface area contributed by atoms with Gasteiger partial charge < -0.3 is 4.90 Å². The lowest BCUT2D eigenvalue weighted by molar-refractivity contribution is 0.222. The predicted octanol–water partition coefficient (Wildman–Crippen LogP) is 4.73. The number of nitrogens with zero attached hydrogens (tertiary/aromatic N) is 2. The van der Waals surface area contributed by atoms with Gasteiger partial charge in [0.1, 0.15) is 5.00 Å². The molecule has 112 valence electrons. The minimum atomic E-state index is -0.102. The Morgan fingerprint density at radius 1 is 1.38 bits per heavy atom. The van der Waals surface area contributed by atoms with Crippen molar-refractivity contribution in [1.29, 1.82) is 0 Å². The molecule has 6 heteroatoms. The molecule has 0 unspecified atom stereocenters. The Labute approximate surface area is 133 Å². The lowest BCUT2D eigenvalue weighted by Crippen LogP contribution is -2.31. The van der Waals surface area contributed by atoms with E-state index in [1.54, 1.807) is 11.9 Å². The zero-order valence-electron chi connectivity index (χ0n) is 12.1. The lowest BCUT2D eigenvalue weighted by Gasteiger charge is -2.16. The number of benzene rings is 1. The minimum absolute atomic E-state index is 0.102. The van der Waals surface area contributed by atoms with Crippen molar-refractivity contribution in [1.82, 2.24) is 9.27 Å². The van der Waals surface area contributed by atoms with Crippen molar-refractivity contribution in [2.45, 2.75) is 19.8 Å². The average Bonchev–Trinajstić information content (AvgIpc) is 2.93. The number of aromatic nitrogens is 1. The van der Waals surface area contributed by atoms with E-state index in [-0.39, 0.29) is 6.03 Å². The monoisotopic (exact) mass is 323 g/mol. The van der Waals surface area contributed by atoms with Crippen LogP contribution in [0.15, 0.2) is 30.3 Å². The molecule has 2 amide bonds. The molecule has 0 aliphatic carbocycles. The number of nitrogens with one attached hydrogen (secondary N) is 1. The van der Waals surface area contributed by atoms with Crippen LogP contribution in [0, 0.1) is 0 Å². The molecule has 1 N–H and O–H groups in total. The van der Waals surface area contributed by atoms with Crippen LogP contribution in [0.4, 0.5) is 9.80 Å². The normalized spacial score (nSPS) is 10.4. The number of carbonyl (C=O) groups is 1. The number of rotatable bonds is 5. The van der Waals surface area contributed by atoms with Crippen molar-refractivity contribution in [2.75, 3.05) is 18.9 Å². The highest BCUT2D eigenvalue weighted by atomic mass is 35.5. The van der Waals surface area contributed by atoms with Gasteiger partial charge in [0.2, 0.25) is 0 Å². The van der Waals surface area contributed by atoms with E-state index in [0.717, 1.165) is 35.6 Å². The van der Waals surface area contributed by atoms with Gasteiger partial charge in [0.25, 0.3) is 0 Å². The Kier molecular flexibility index (Phi) is 5.59. The van der Waals surface area contributed by atoms with Crippen LogP contribution in [0.3, 0.4) is 0 Å². The molecule has 1 aromatic heterocycles. The average molecular weight is 324 g/mol. The highest BCUT2D eigenvalue weighted by Gasteiger charge is 2.11. The van der Waals surface area contributed by atoms with Gasteiger partial charge >= 0.3 is 6.03 Å². The fraction of sp³-hybridized carbons (Fsp3) is 0.333. The van der Waals surface area contributed by atoms with Crippen molar-refractivity contribution >= 4 is 34.2 Å². The van der Waals surface area contributed by atoms with E-state index in [1.165, 1.54) is 11.5 Å². The molecule has 0 aliphatic rings. The van der Waals surface area contributed by atoms with Gasteiger partial charge in [0, 0.05) is 30.2 Å². The Bertz CT molecular complexity index is 597. The van der Waals surface area contributed by atoms with E-state index in [4.69, 9.17) is 11.6 Å². The van der Waals surface area contributed by atoms with Crippen LogP contribution in [0.1, 0.15) is 19.8 Å². The largest absolute Gasteiger partial charge is 0.328 e. The van der Waals surface area contributed by atoms with Crippen LogP contribution < -0.4 is 5.32 Å². The Morgan fingerprint density at radius 3 is 2.76 bits per heavy atom. The first-order valence-electron chi connectivity index (χ1n) is 6.85. The maximum absolute atomic E-state index is 12.0. The van der Waals surface area contributed by atoms with Gasteiger partial charge in [-0.2, -0.15) is 4.37 Å². The quantitative estimate of drug-likeness (QED) is 0.864. The SMILES string of the molecule is CCCCN(C)C(=O)Nc1cc(-c2ccc(Cl)cc2)ns1. The molecular weight excluding hydrogens is 306 g/mol. The summed E-state index contributed by atoms with van der Waals surface area (Å²) in [6.45, 7) is 2.86. The molecule has 1 heterocycles. The third-order valence-corrected chi connectivity index (χ3v) is 4.03. The van der Waals surface area contributed by atoms with Crippen molar-refractivity contribution in [2.24, 2.45) is 0 Å². The summed E-state index contributed by atoms with van der Waals surface area (Å²) in [6.07, 6.45) is 2.07. The number of amides is 2. The fourth-order valence-electron chi connectivity index (χ4n) is 1.79. The standard InChI is InChI=1S/C15H18ClN3OS/c1-3-4-9-19(2)15(20)17-14-10-13(18-21-14)11-5-7-12(16)8-6-11/h5-8,10H,3-4,9H2,1-2H3,(H,17,20). The molecule has 21 heavy (non-hydrogen) atoms. The summed E-state index contributed by atoms with van der Waals surface area (Å²) >= 11 is 7.15. The van der Waals surface area contributed by atoms with Crippen molar-refractivity contribution < 1.29 is 4.79 Å². The molecule has 1 aromatic carbocycles. The third kappa shape index (κ3) is 4.44. The van der Waals surface area contributed by atoms with Gasteiger partial charge in [-0.05, 0) is 30.1 Å². The molecule has 0 radical (unpaired) electrons. The molecule has 0 bridgehead atoms. The summed E-state index contributed by atoms with van der Waals surface area (Å²) in [4.78, 5) is 13.7.